The number of aliphatic hydroxyl groups excluding tert-OH is 1. The molecule has 2 unspecified atom stereocenters. The molecule has 2 N–H and O–H groups in total. The summed E-state index contributed by atoms with van der Waals surface area (Å²) in [6.45, 7) is 6.89. The first-order valence-electron chi connectivity index (χ1n) is 9.38. The molecule has 0 radical (unpaired) electrons. The smallest absolute Gasteiger partial charge is 0.106 e. The molecule has 5 nitrogen and oxygen atoms in total. The number of rotatable bonds is 5. The van der Waals surface area contributed by atoms with Gasteiger partial charge >= 0.3 is 0 Å². The molecule has 1 fully saturated rings. The second-order valence-corrected chi connectivity index (χ2v) is 7.44. The van der Waals surface area contributed by atoms with Crippen LogP contribution < -0.4 is 0 Å². The number of aromatic amines is 1. The highest BCUT2D eigenvalue weighted by molar-refractivity contribution is 5.85. The minimum absolute atomic E-state index is 0.175. The first-order chi connectivity index (χ1) is 12.2. The predicted octanol–water partition coefficient (Wildman–Crippen LogP) is 2.43. The van der Waals surface area contributed by atoms with Crippen LogP contribution in [0.1, 0.15) is 31.0 Å². The molecule has 25 heavy (non-hydrogen) atoms. The number of hydrogen-bond donors (Lipinski definition) is 2. The minimum Gasteiger partial charge on any atom is -0.396 e. The van der Waals surface area contributed by atoms with E-state index >= 15 is 0 Å². The third kappa shape index (κ3) is 3.34. The lowest BCUT2D eigenvalue weighted by Gasteiger charge is -2.41. The van der Waals surface area contributed by atoms with E-state index in [4.69, 9.17) is 9.47 Å². The fourth-order valence-corrected chi connectivity index (χ4v) is 4.33. The maximum Gasteiger partial charge on any atom is 0.106 e. The molecule has 2 aromatic rings. The van der Waals surface area contributed by atoms with Crippen LogP contribution in [-0.2, 0) is 21.5 Å². The topological polar surface area (TPSA) is 57.7 Å². The molecule has 1 aromatic carbocycles. The van der Waals surface area contributed by atoms with E-state index in [0.717, 1.165) is 52.1 Å². The van der Waals surface area contributed by atoms with E-state index in [-0.39, 0.29) is 18.3 Å². The van der Waals surface area contributed by atoms with Gasteiger partial charge in [-0.05, 0) is 31.4 Å². The van der Waals surface area contributed by atoms with Crippen molar-refractivity contribution in [1.82, 2.24) is 9.88 Å². The van der Waals surface area contributed by atoms with Gasteiger partial charge in [0.15, 0.2) is 0 Å². The summed E-state index contributed by atoms with van der Waals surface area (Å²) in [5, 5.41) is 10.6. The molecule has 2 atom stereocenters. The SMILES string of the molecule is CC1(CCCO)OC(CN2CCOCC2)Cc2c1[nH]c1ccccc21. The van der Waals surface area contributed by atoms with Crippen LogP contribution in [0.25, 0.3) is 10.9 Å². The summed E-state index contributed by atoms with van der Waals surface area (Å²) in [6.07, 6.45) is 2.68. The molecule has 0 amide bonds. The maximum atomic E-state index is 9.34. The average Bonchev–Trinajstić information content (AvgIpc) is 3.01. The summed E-state index contributed by atoms with van der Waals surface area (Å²) in [5.41, 5.74) is 3.39. The van der Waals surface area contributed by atoms with Crippen molar-refractivity contribution >= 4 is 10.9 Å². The van der Waals surface area contributed by atoms with Crippen LogP contribution in [0.4, 0.5) is 0 Å². The van der Waals surface area contributed by atoms with Crippen molar-refractivity contribution in [2.45, 2.75) is 37.9 Å². The van der Waals surface area contributed by atoms with E-state index < -0.39 is 0 Å². The molecule has 2 aliphatic heterocycles. The highest BCUT2D eigenvalue weighted by atomic mass is 16.5. The van der Waals surface area contributed by atoms with E-state index in [9.17, 15) is 5.11 Å². The Morgan fingerprint density at radius 1 is 1.28 bits per heavy atom. The Labute approximate surface area is 148 Å². The Bertz CT molecular complexity index is 723. The molecular formula is C20H28N2O3. The molecule has 0 aliphatic carbocycles. The van der Waals surface area contributed by atoms with Crippen LogP contribution >= 0.6 is 0 Å². The molecule has 5 heteroatoms. The van der Waals surface area contributed by atoms with Crippen LogP contribution in [0.3, 0.4) is 0 Å². The Balaban J connectivity index is 1.65. The maximum absolute atomic E-state index is 9.34. The zero-order chi connectivity index (χ0) is 17.3. The van der Waals surface area contributed by atoms with Crippen LogP contribution in [0.2, 0.25) is 0 Å². The van der Waals surface area contributed by atoms with Gasteiger partial charge in [0.25, 0.3) is 0 Å². The van der Waals surface area contributed by atoms with Gasteiger partial charge in [-0.25, -0.2) is 0 Å². The summed E-state index contributed by atoms with van der Waals surface area (Å²) in [6, 6.07) is 8.51. The molecule has 2 aliphatic rings. The lowest BCUT2D eigenvalue weighted by Crippen LogP contribution is -2.47. The number of morpholine rings is 1. The second-order valence-electron chi connectivity index (χ2n) is 7.44. The number of aliphatic hydroxyl groups is 1. The van der Waals surface area contributed by atoms with Gasteiger partial charge < -0.3 is 19.6 Å². The number of para-hydroxylation sites is 1. The molecule has 0 bridgehead atoms. The van der Waals surface area contributed by atoms with Crippen LogP contribution in [0.15, 0.2) is 24.3 Å². The third-order valence-corrected chi connectivity index (χ3v) is 5.58. The summed E-state index contributed by atoms with van der Waals surface area (Å²) in [5.74, 6) is 0. The molecule has 4 rings (SSSR count). The Morgan fingerprint density at radius 3 is 2.88 bits per heavy atom. The van der Waals surface area contributed by atoms with Crippen molar-refractivity contribution in [3.05, 3.63) is 35.5 Å². The fraction of sp³-hybridized carbons (Fsp3) is 0.600. The Hall–Kier alpha value is -1.40. The number of hydrogen-bond acceptors (Lipinski definition) is 4. The predicted molar refractivity (Wildman–Crippen MR) is 97.8 cm³/mol. The van der Waals surface area contributed by atoms with Gasteiger partial charge in [0.1, 0.15) is 5.60 Å². The average molecular weight is 344 g/mol. The summed E-state index contributed by atoms with van der Waals surface area (Å²) in [7, 11) is 0. The van der Waals surface area contributed by atoms with Gasteiger partial charge in [0.05, 0.1) is 25.0 Å². The van der Waals surface area contributed by atoms with Gasteiger partial charge in [0, 0.05) is 43.6 Å². The molecule has 1 saturated heterocycles. The summed E-state index contributed by atoms with van der Waals surface area (Å²) in [4.78, 5) is 6.04. The molecule has 1 aromatic heterocycles. The van der Waals surface area contributed by atoms with Crippen molar-refractivity contribution in [1.29, 1.82) is 0 Å². The number of ether oxygens (including phenoxy) is 2. The number of benzene rings is 1. The van der Waals surface area contributed by atoms with Crippen molar-refractivity contribution < 1.29 is 14.6 Å². The fourth-order valence-electron chi connectivity index (χ4n) is 4.33. The second kappa shape index (κ2) is 7.08. The lowest BCUT2D eigenvalue weighted by atomic mass is 9.86. The van der Waals surface area contributed by atoms with Gasteiger partial charge in [-0.3, -0.25) is 4.90 Å². The Kier molecular flexibility index (Phi) is 4.82. The molecular weight excluding hydrogens is 316 g/mol. The minimum atomic E-state index is -0.369. The molecule has 3 heterocycles. The number of aromatic nitrogens is 1. The number of nitrogens with one attached hydrogen (secondary N) is 1. The van der Waals surface area contributed by atoms with Crippen molar-refractivity contribution in [2.75, 3.05) is 39.5 Å². The van der Waals surface area contributed by atoms with Crippen molar-refractivity contribution in [3.63, 3.8) is 0 Å². The van der Waals surface area contributed by atoms with Gasteiger partial charge in [0.2, 0.25) is 0 Å². The van der Waals surface area contributed by atoms with E-state index in [1.165, 1.54) is 22.2 Å². The van der Waals surface area contributed by atoms with Crippen molar-refractivity contribution in [3.8, 4) is 0 Å². The van der Waals surface area contributed by atoms with Gasteiger partial charge in [-0.15, -0.1) is 0 Å². The summed E-state index contributed by atoms with van der Waals surface area (Å²) >= 11 is 0. The molecule has 0 spiro atoms. The van der Waals surface area contributed by atoms with E-state index in [1.54, 1.807) is 0 Å². The zero-order valence-corrected chi connectivity index (χ0v) is 15.0. The quantitative estimate of drug-likeness (QED) is 0.875. The Morgan fingerprint density at radius 2 is 2.08 bits per heavy atom. The first kappa shape index (κ1) is 17.0. The number of H-pyrrole nitrogens is 1. The van der Waals surface area contributed by atoms with Crippen LogP contribution in [-0.4, -0.2) is 60.5 Å². The van der Waals surface area contributed by atoms with E-state index in [2.05, 4.69) is 41.1 Å². The third-order valence-electron chi connectivity index (χ3n) is 5.58. The van der Waals surface area contributed by atoms with E-state index in [1.807, 2.05) is 0 Å². The largest absolute Gasteiger partial charge is 0.396 e. The van der Waals surface area contributed by atoms with E-state index in [0.29, 0.717) is 0 Å². The molecule has 136 valence electrons. The highest BCUT2D eigenvalue weighted by Gasteiger charge is 2.40. The normalized spacial score (nSPS) is 27.5. The molecule has 0 saturated carbocycles. The lowest BCUT2D eigenvalue weighted by molar-refractivity contribution is -0.121. The number of fused-ring (bicyclic) bond motifs is 3. The standard InChI is InChI=1S/C20H28N2O3/c1-20(7-4-10-23)19-17(16-5-2-3-6-18(16)21-19)13-15(25-20)14-22-8-11-24-12-9-22/h2-3,5-6,15,21,23H,4,7-14H2,1H3. The van der Waals surface area contributed by atoms with Crippen LogP contribution in [0.5, 0.6) is 0 Å². The van der Waals surface area contributed by atoms with Crippen molar-refractivity contribution in [2.24, 2.45) is 0 Å². The van der Waals surface area contributed by atoms with Gasteiger partial charge in [-0.1, -0.05) is 18.2 Å². The van der Waals surface area contributed by atoms with Gasteiger partial charge in [-0.2, -0.15) is 0 Å². The highest BCUT2D eigenvalue weighted by Crippen LogP contribution is 2.41. The zero-order valence-electron chi connectivity index (χ0n) is 15.0. The monoisotopic (exact) mass is 344 g/mol. The number of nitrogens with zero attached hydrogens (tertiary/aromatic N) is 1. The first-order valence-corrected chi connectivity index (χ1v) is 9.38. The van der Waals surface area contributed by atoms with Crippen LogP contribution in [0, 0.1) is 0 Å². The summed E-state index contributed by atoms with van der Waals surface area (Å²) < 4.78 is 12.1.